The Labute approximate surface area is 92.2 Å². The number of hydrogen-bond acceptors (Lipinski definition) is 3. The van der Waals surface area contributed by atoms with Crippen molar-refractivity contribution in [1.82, 2.24) is 4.98 Å². The Balaban J connectivity index is 3.33. The summed E-state index contributed by atoms with van der Waals surface area (Å²) >= 11 is 0. The van der Waals surface area contributed by atoms with Crippen LogP contribution in [0.4, 0.5) is 22.0 Å². The number of rotatable bonds is 3. The summed E-state index contributed by atoms with van der Waals surface area (Å²) in [4.78, 5) is 13.8. The van der Waals surface area contributed by atoms with Crippen LogP contribution in [0.2, 0.25) is 0 Å². The van der Waals surface area contributed by atoms with Crippen molar-refractivity contribution in [3.05, 3.63) is 23.0 Å². The minimum Gasteiger partial charge on any atom is -0.405 e. The third kappa shape index (κ3) is 3.36. The first-order valence-electron chi connectivity index (χ1n) is 4.25. The number of pyridine rings is 1. The summed E-state index contributed by atoms with van der Waals surface area (Å²) in [5.74, 6) is -0.977. The molecule has 8 heteroatoms. The third-order valence-electron chi connectivity index (χ3n) is 1.73. The summed E-state index contributed by atoms with van der Waals surface area (Å²) < 4.78 is 64.3. The van der Waals surface area contributed by atoms with Crippen LogP contribution in [-0.2, 0) is 0 Å². The van der Waals surface area contributed by atoms with Crippen molar-refractivity contribution >= 4 is 6.29 Å². The Morgan fingerprint density at radius 1 is 1.41 bits per heavy atom. The van der Waals surface area contributed by atoms with Gasteiger partial charge in [0.25, 0.3) is 6.43 Å². The monoisotopic (exact) mass is 255 g/mol. The number of carbonyl (C=O) groups is 1. The van der Waals surface area contributed by atoms with Gasteiger partial charge in [-0.05, 0) is 6.92 Å². The van der Waals surface area contributed by atoms with Gasteiger partial charge in [-0.3, -0.25) is 9.78 Å². The maximum absolute atomic E-state index is 12.4. The van der Waals surface area contributed by atoms with E-state index in [9.17, 15) is 26.7 Å². The van der Waals surface area contributed by atoms with Crippen LogP contribution in [0.1, 0.15) is 28.2 Å². The normalized spacial score (nSPS) is 11.7. The number of alkyl halides is 5. The zero-order valence-electron chi connectivity index (χ0n) is 8.39. The lowest BCUT2D eigenvalue weighted by Gasteiger charge is -2.13. The van der Waals surface area contributed by atoms with E-state index >= 15 is 0 Å². The molecule has 1 rings (SSSR count). The lowest BCUT2D eigenvalue weighted by molar-refractivity contribution is -0.274. The number of hydrogen-bond donors (Lipinski definition) is 0. The van der Waals surface area contributed by atoms with Crippen LogP contribution in [0.3, 0.4) is 0 Å². The van der Waals surface area contributed by atoms with E-state index in [0.29, 0.717) is 0 Å². The lowest BCUT2D eigenvalue weighted by atomic mass is 10.1. The first-order valence-corrected chi connectivity index (χ1v) is 4.25. The molecule has 1 aromatic heterocycles. The van der Waals surface area contributed by atoms with Crippen LogP contribution in [-0.4, -0.2) is 17.6 Å². The second-order valence-corrected chi connectivity index (χ2v) is 3.03. The molecule has 0 aliphatic carbocycles. The van der Waals surface area contributed by atoms with E-state index in [1.54, 1.807) is 0 Å². The van der Waals surface area contributed by atoms with Crippen molar-refractivity contribution in [3.8, 4) is 5.75 Å². The van der Waals surface area contributed by atoms with Gasteiger partial charge < -0.3 is 4.74 Å². The molecule has 17 heavy (non-hydrogen) atoms. The van der Waals surface area contributed by atoms with E-state index in [0.717, 1.165) is 6.07 Å². The summed E-state index contributed by atoms with van der Waals surface area (Å²) in [6.07, 6.45) is -8.37. The molecule has 0 unspecified atom stereocenters. The number of carbonyl (C=O) groups excluding carboxylic acids is 1. The molecule has 0 atom stereocenters. The summed E-state index contributed by atoms with van der Waals surface area (Å²) in [5.41, 5.74) is -2.03. The van der Waals surface area contributed by atoms with Crippen LogP contribution < -0.4 is 4.74 Å². The SMILES string of the molecule is Cc1cc(OC(F)(F)F)c(C=O)c(C(F)F)n1. The molecule has 1 aromatic rings. The predicted octanol–water partition coefficient (Wildman–Crippen LogP) is 3.04. The molecular formula is C9H6F5NO2. The molecule has 0 saturated carbocycles. The van der Waals surface area contributed by atoms with Gasteiger partial charge in [0.05, 0.1) is 5.56 Å². The Morgan fingerprint density at radius 2 is 2.00 bits per heavy atom. The highest BCUT2D eigenvalue weighted by Crippen LogP contribution is 2.31. The number of nitrogens with zero attached hydrogens (tertiary/aromatic N) is 1. The number of aryl methyl sites for hydroxylation is 1. The van der Waals surface area contributed by atoms with Gasteiger partial charge in [0.15, 0.2) is 6.29 Å². The average Bonchev–Trinajstić information content (AvgIpc) is 2.14. The van der Waals surface area contributed by atoms with Crippen LogP contribution in [0.15, 0.2) is 6.07 Å². The van der Waals surface area contributed by atoms with Crippen molar-refractivity contribution < 1.29 is 31.5 Å². The number of aromatic nitrogens is 1. The first kappa shape index (κ1) is 13.3. The van der Waals surface area contributed by atoms with Crippen molar-refractivity contribution in [3.63, 3.8) is 0 Å². The molecule has 0 aromatic carbocycles. The van der Waals surface area contributed by atoms with E-state index < -0.39 is 29.8 Å². The standard InChI is InChI=1S/C9H6F5NO2/c1-4-2-6(17-9(12,13)14)5(3-16)7(15-4)8(10)11/h2-3,8H,1H3. The van der Waals surface area contributed by atoms with Gasteiger partial charge in [-0.1, -0.05) is 0 Å². The van der Waals surface area contributed by atoms with E-state index in [2.05, 4.69) is 9.72 Å². The molecule has 0 fully saturated rings. The highest BCUT2D eigenvalue weighted by atomic mass is 19.4. The van der Waals surface area contributed by atoms with E-state index in [1.807, 2.05) is 0 Å². The number of ether oxygens (including phenoxy) is 1. The van der Waals surface area contributed by atoms with Crippen LogP contribution in [0, 0.1) is 6.92 Å². The Morgan fingerprint density at radius 3 is 2.41 bits per heavy atom. The van der Waals surface area contributed by atoms with Crippen molar-refractivity contribution in [2.24, 2.45) is 0 Å². The maximum Gasteiger partial charge on any atom is 0.573 e. The molecule has 0 spiro atoms. The fraction of sp³-hybridized carbons (Fsp3) is 0.333. The second-order valence-electron chi connectivity index (χ2n) is 3.03. The quantitative estimate of drug-likeness (QED) is 0.615. The van der Waals surface area contributed by atoms with Gasteiger partial charge in [0.2, 0.25) is 0 Å². The fourth-order valence-corrected chi connectivity index (χ4v) is 1.17. The van der Waals surface area contributed by atoms with Crippen molar-refractivity contribution in [2.75, 3.05) is 0 Å². The van der Waals surface area contributed by atoms with Crippen LogP contribution in [0.5, 0.6) is 5.75 Å². The molecule has 0 saturated heterocycles. The molecule has 1 heterocycles. The Hall–Kier alpha value is -1.73. The molecule has 3 nitrogen and oxygen atoms in total. The van der Waals surface area contributed by atoms with Gasteiger partial charge in [-0.25, -0.2) is 8.78 Å². The molecule has 0 amide bonds. The van der Waals surface area contributed by atoms with Crippen molar-refractivity contribution in [2.45, 2.75) is 19.7 Å². The van der Waals surface area contributed by atoms with Gasteiger partial charge >= 0.3 is 6.36 Å². The van der Waals surface area contributed by atoms with E-state index in [-0.39, 0.29) is 12.0 Å². The van der Waals surface area contributed by atoms with E-state index in [1.165, 1.54) is 6.92 Å². The summed E-state index contributed by atoms with van der Waals surface area (Å²) in [6.45, 7) is 1.21. The van der Waals surface area contributed by atoms with Crippen molar-refractivity contribution in [1.29, 1.82) is 0 Å². The Bertz CT molecular complexity index is 430. The molecule has 0 bridgehead atoms. The maximum atomic E-state index is 12.4. The smallest absolute Gasteiger partial charge is 0.405 e. The third-order valence-corrected chi connectivity index (χ3v) is 1.73. The average molecular weight is 255 g/mol. The molecule has 94 valence electrons. The van der Waals surface area contributed by atoms with Crippen LogP contribution in [0.25, 0.3) is 0 Å². The lowest BCUT2D eigenvalue weighted by Crippen LogP contribution is -2.19. The highest BCUT2D eigenvalue weighted by molar-refractivity contribution is 5.81. The summed E-state index contributed by atoms with van der Waals surface area (Å²) in [5, 5.41) is 0. The molecule has 0 N–H and O–H groups in total. The summed E-state index contributed by atoms with van der Waals surface area (Å²) in [6, 6.07) is 0.767. The number of halogens is 5. The van der Waals surface area contributed by atoms with Gasteiger partial charge in [-0.2, -0.15) is 0 Å². The predicted molar refractivity (Wildman–Crippen MR) is 46.0 cm³/mol. The molecule has 0 aliphatic heterocycles. The Kier molecular flexibility index (Phi) is 3.64. The second kappa shape index (κ2) is 4.64. The molecule has 0 aliphatic rings. The van der Waals surface area contributed by atoms with E-state index in [4.69, 9.17) is 0 Å². The van der Waals surface area contributed by atoms with Gasteiger partial charge in [0.1, 0.15) is 11.4 Å². The largest absolute Gasteiger partial charge is 0.573 e. The molecule has 0 radical (unpaired) electrons. The first-order chi connectivity index (χ1) is 7.74. The fourth-order valence-electron chi connectivity index (χ4n) is 1.17. The van der Waals surface area contributed by atoms with Gasteiger partial charge in [0, 0.05) is 11.8 Å². The highest BCUT2D eigenvalue weighted by Gasteiger charge is 2.33. The molecular weight excluding hydrogens is 249 g/mol. The van der Waals surface area contributed by atoms with Gasteiger partial charge in [-0.15, -0.1) is 13.2 Å². The summed E-state index contributed by atoms with van der Waals surface area (Å²) in [7, 11) is 0. The zero-order chi connectivity index (χ0) is 13.2. The number of aldehydes is 1. The topological polar surface area (TPSA) is 39.2 Å². The van der Waals surface area contributed by atoms with Crippen LogP contribution >= 0.6 is 0 Å². The zero-order valence-corrected chi connectivity index (χ0v) is 8.39. The minimum absolute atomic E-state index is 0.106. The minimum atomic E-state index is -5.06.